The van der Waals surface area contributed by atoms with Gasteiger partial charge in [-0.15, -0.1) is 0 Å². The Kier molecular flexibility index (Phi) is 4.88. The number of pyridine rings is 1. The zero-order chi connectivity index (χ0) is 16.9. The van der Waals surface area contributed by atoms with E-state index in [0.29, 0.717) is 13.4 Å². The molecular formula is C19H23N3O3. The number of ether oxygens (including phenoxy) is 3. The van der Waals surface area contributed by atoms with Crippen molar-refractivity contribution in [3.63, 3.8) is 0 Å². The van der Waals surface area contributed by atoms with Gasteiger partial charge in [0.25, 0.3) is 0 Å². The third kappa shape index (κ3) is 3.96. The van der Waals surface area contributed by atoms with Crippen molar-refractivity contribution in [1.82, 2.24) is 9.88 Å². The summed E-state index contributed by atoms with van der Waals surface area (Å²) in [4.78, 5) is 9.26. The molecule has 0 amide bonds. The number of anilines is 1. The molecule has 3 heterocycles. The number of nitrogens with zero attached hydrogens (tertiary/aromatic N) is 3. The van der Waals surface area contributed by atoms with Crippen LogP contribution in [0.5, 0.6) is 17.2 Å². The molecule has 0 saturated carbocycles. The second-order valence-corrected chi connectivity index (χ2v) is 6.23. The molecule has 4 rings (SSSR count). The van der Waals surface area contributed by atoms with E-state index in [1.807, 2.05) is 36.5 Å². The van der Waals surface area contributed by atoms with Crippen molar-refractivity contribution in [1.29, 1.82) is 0 Å². The molecule has 0 atom stereocenters. The summed E-state index contributed by atoms with van der Waals surface area (Å²) in [5.41, 5.74) is 0. The van der Waals surface area contributed by atoms with Crippen LogP contribution < -0.4 is 19.1 Å². The Morgan fingerprint density at radius 2 is 1.88 bits per heavy atom. The molecule has 0 bridgehead atoms. The number of rotatable bonds is 6. The van der Waals surface area contributed by atoms with E-state index in [-0.39, 0.29) is 0 Å². The highest BCUT2D eigenvalue weighted by Crippen LogP contribution is 2.35. The van der Waals surface area contributed by atoms with Gasteiger partial charge in [-0.3, -0.25) is 4.90 Å². The quantitative estimate of drug-likeness (QED) is 0.752. The molecule has 2 aromatic rings. The van der Waals surface area contributed by atoms with Crippen molar-refractivity contribution in [2.75, 3.05) is 51.0 Å². The van der Waals surface area contributed by atoms with E-state index >= 15 is 0 Å². The van der Waals surface area contributed by atoms with Crippen LogP contribution in [0.1, 0.15) is 6.42 Å². The van der Waals surface area contributed by atoms with Gasteiger partial charge in [-0.2, -0.15) is 0 Å². The van der Waals surface area contributed by atoms with Crippen LogP contribution in [0.2, 0.25) is 0 Å². The summed E-state index contributed by atoms with van der Waals surface area (Å²) in [6.07, 6.45) is 2.87. The van der Waals surface area contributed by atoms with E-state index in [2.05, 4.69) is 20.9 Å². The van der Waals surface area contributed by atoms with Gasteiger partial charge in [0.1, 0.15) is 11.6 Å². The fourth-order valence-electron chi connectivity index (χ4n) is 3.19. The average molecular weight is 341 g/mol. The Morgan fingerprint density at radius 3 is 2.72 bits per heavy atom. The normalized spacial score (nSPS) is 16.9. The standard InChI is InChI=1S/C19H23N3O3/c1-2-7-20-19(4-1)22-11-9-21(10-12-22)8-3-13-23-16-5-6-17-18(14-16)25-15-24-17/h1-2,4-7,14H,3,8-13,15H2. The predicted molar refractivity (Wildman–Crippen MR) is 95.6 cm³/mol. The first kappa shape index (κ1) is 16.0. The Hall–Kier alpha value is -2.47. The van der Waals surface area contributed by atoms with Crippen molar-refractivity contribution < 1.29 is 14.2 Å². The van der Waals surface area contributed by atoms with Crippen LogP contribution in [0, 0.1) is 0 Å². The number of benzene rings is 1. The molecule has 2 aliphatic rings. The lowest BCUT2D eigenvalue weighted by Crippen LogP contribution is -2.47. The van der Waals surface area contributed by atoms with Crippen molar-refractivity contribution in [2.24, 2.45) is 0 Å². The van der Waals surface area contributed by atoms with Crippen LogP contribution in [-0.2, 0) is 0 Å². The van der Waals surface area contributed by atoms with Gasteiger partial charge < -0.3 is 19.1 Å². The molecule has 0 unspecified atom stereocenters. The average Bonchev–Trinajstić information content (AvgIpc) is 3.14. The number of aromatic nitrogens is 1. The van der Waals surface area contributed by atoms with E-state index < -0.39 is 0 Å². The van der Waals surface area contributed by atoms with Crippen molar-refractivity contribution in [3.8, 4) is 17.2 Å². The molecule has 0 radical (unpaired) electrons. The van der Waals surface area contributed by atoms with E-state index in [9.17, 15) is 0 Å². The summed E-state index contributed by atoms with van der Waals surface area (Å²) in [5.74, 6) is 3.47. The minimum absolute atomic E-state index is 0.295. The molecule has 0 N–H and O–H groups in total. The molecule has 1 saturated heterocycles. The van der Waals surface area contributed by atoms with Crippen LogP contribution in [0.15, 0.2) is 42.6 Å². The van der Waals surface area contributed by atoms with Crippen LogP contribution in [0.4, 0.5) is 5.82 Å². The number of hydrogen-bond acceptors (Lipinski definition) is 6. The Balaban J connectivity index is 1.16. The molecule has 0 aliphatic carbocycles. The molecule has 6 heteroatoms. The van der Waals surface area contributed by atoms with Gasteiger partial charge in [-0.25, -0.2) is 4.98 Å². The Bertz CT molecular complexity index is 688. The van der Waals surface area contributed by atoms with Gasteiger partial charge in [0.15, 0.2) is 11.5 Å². The molecule has 1 fully saturated rings. The minimum atomic E-state index is 0.295. The molecule has 1 aromatic carbocycles. The largest absolute Gasteiger partial charge is 0.493 e. The fraction of sp³-hybridized carbons (Fsp3) is 0.421. The highest BCUT2D eigenvalue weighted by Gasteiger charge is 2.17. The van der Waals surface area contributed by atoms with Crippen LogP contribution in [0.25, 0.3) is 0 Å². The second-order valence-electron chi connectivity index (χ2n) is 6.23. The van der Waals surface area contributed by atoms with Crippen molar-refractivity contribution in [3.05, 3.63) is 42.6 Å². The van der Waals surface area contributed by atoms with Gasteiger partial charge in [0, 0.05) is 45.0 Å². The second kappa shape index (κ2) is 7.61. The predicted octanol–water partition coefficient (Wildman–Crippen LogP) is 2.40. The lowest BCUT2D eigenvalue weighted by Gasteiger charge is -2.35. The molecule has 2 aliphatic heterocycles. The summed E-state index contributed by atoms with van der Waals surface area (Å²) >= 11 is 0. The zero-order valence-corrected chi connectivity index (χ0v) is 14.3. The van der Waals surface area contributed by atoms with Gasteiger partial charge >= 0.3 is 0 Å². The Morgan fingerprint density at radius 1 is 1.00 bits per heavy atom. The third-order valence-corrected chi connectivity index (χ3v) is 4.58. The van der Waals surface area contributed by atoms with E-state index in [4.69, 9.17) is 14.2 Å². The third-order valence-electron chi connectivity index (χ3n) is 4.58. The number of fused-ring (bicyclic) bond motifs is 1. The Labute approximate surface area is 147 Å². The minimum Gasteiger partial charge on any atom is -0.493 e. The monoisotopic (exact) mass is 341 g/mol. The van der Waals surface area contributed by atoms with E-state index in [1.54, 1.807) is 0 Å². The first-order chi connectivity index (χ1) is 12.4. The van der Waals surface area contributed by atoms with Gasteiger partial charge in [-0.1, -0.05) is 6.07 Å². The maximum Gasteiger partial charge on any atom is 0.231 e. The summed E-state index contributed by atoms with van der Waals surface area (Å²) < 4.78 is 16.5. The molecular weight excluding hydrogens is 318 g/mol. The topological polar surface area (TPSA) is 47.1 Å². The lowest BCUT2D eigenvalue weighted by atomic mass is 10.3. The van der Waals surface area contributed by atoms with Crippen molar-refractivity contribution in [2.45, 2.75) is 6.42 Å². The maximum atomic E-state index is 5.83. The van der Waals surface area contributed by atoms with Gasteiger partial charge in [-0.05, 0) is 30.7 Å². The first-order valence-corrected chi connectivity index (χ1v) is 8.79. The fourth-order valence-corrected chi connectivity index (χ4v) is 3.19. The summed E-state index contributed by atoms with van der Waals surface area (Å²) in [6, 6.07) is 11.8. The van der Waals surface area contributed by atoms with E-state index in [0.717, 1.165) is 62.2 Å². The highest BCUT2D eigenvalue weighted by molar-refractivity contribution is 5.46. The lowest BCUT2D eigenvalue weighted by molar-refractivity contribution is 0.173. The molecule has 0 spiro atoms. The maximum absolute atomic E-state index is 5.83. The van der Waals surface area contributed by atoms with Gasteiger partial charge in [0.2, 0.25) is 6.79 Å². The summed E-state index contributed by atoms with van der Waals surface area (Å²) in [5, 5.41) is 0. The number of piperazine rings is 1. The van der Waals surface area contributed by atoms with Crippen LogP contribution >= 0.6 is 0 Å². The highest BCUT2D eigenvalue weighted by atomic mass is 16.7. The summed E-state index contributed by atoms with van der Waals surface area (Å²) in [7, 11) is 0. The van der Waals surface area contributed by atoms with Crippen molar-refractivity contribution >= 4 is 5.82 Å². The molecule has 132 valence electrons. The SMILES string of the molecule is c1ccc(N2CCN(CCCOc3ccc4c(c3)OCO4)CC2)nc1. The summed E-state index contributed by atoms with van der Waals surface area (Å²) in [6.45, 7) is 6.26. The van der Waals surface area contributed by atoms with Crippen LogP contribution in [-0.4, -0.2) is 56.0 Å². The first-order valence-electron chi connectivity index (χ1n) is 8.79. The molecule has 25 heavy (non-hydrogen) atoms. The number of hydrogen-bond donors (Lipinski definition) is 0. The smallest absolute Gasteiger partial charge is 0.231 e. The van der Waals surface area contributed by atoms with Crippen LogP contribution in [0.3, 0.4) is 0 Å². The van der Waals surface area contributed by atoms with E-state index in [1.165, 1.54) is 0 Å². The zero-order valence-electron chi connectivity index (χ0n) is 14.3. The van der Waals surface area contributed by atoms with Gasteiger partial charge in [0.05, 0.1) is 6.61 Å². The molecule has 6 nitrogen and oxygen atoms in total. The molecule has 1 aromatic heterocycles.